The van der Waals surface area contributed by atoms with E-state index in [9.17, 15) is 15.0 Å². The smallest absolute Gasteiger partial charge is 0.270 e. The number of hydrogen-bond acceptors (Lipinski definition) is 6. The summed E-state index contributed by atoms with van der Waals surface area (Å²) in [6.07, 6.45) is 2.03. The number of β-amino-alcohol motifs (C(OH)–C–C–N with tert-alkyl or cyclic N) is 1. The van der Waals surface area contributed by atoms with Crippen LogP contribution in [0.2, 0.25) is 0 Å². The summed E-state index contributed by atoms with van der Waals surface area (Å²) in [7, 11) is 0. The van der Waals surface area contributed by atoms with Crippen LogP contribution in [-0.4, -0.2) is 57.9 Å². The normalized spacial score (nSPS) is 24.6. The SMILES string of the molecule is CC(C)c1nc2c(c(N3CCCC(O)(CO)C3)n1)CCNC2=O. The molecule has 1 atom stereocenters. The summed E-state index contributed by atoms with van der Waals surface area (Å²) in [6.45, 7) is 5.37. The van der Waals surface area contributed by atoms with Gasteiger partial charge in [-0.2, -0.15) is 0 Å². The number of nitrogens with one attached hydrogen (secondary N) is 1. The number of amides is 1. The summed E-state index contributed by atoms with van der Waals surface area (Å²) in [5.74, 6) is 1.32. The van der Waals surface area contributed by atoms with E-state index in [2.05, 4.69) is 15.3 Å². The highest BCUT2D eigenvalue weighted by atomic mass is 16.3. The van der Waals surface area contributed by atoms with Crippen molar-refractivity contribution in [3.8, 4) is 0 Å². The molecule has 0 aromatic carbocycles. The number of piperidine rings is 1. The monoisotopic (exact) mass is 320 g/mol. The Kier molecular flexibility index (Phi) is 4.25. The number of aliphatic hydroxyl groups excluding tert-OH is 1. The summed E-state index contributed by atoms with van der Waals surface area (Å²) in [5.41, 5.74) is 0.189. The molecular formula is C16H24N4O3. The van der Waals surface area contributed by atoms with Crippen LogP contribution in [0, 0.1) is 0 Å². The largest absolute Gasteiger partial charge is 0.393 e. The molecule has 3 N–H and O–H groups in total. The summed E-state index contributed by atoms with van der Waals surface area (Å²) in [4.78, 5) is 23.3. The van der Waals surface area contributed by atoms with Gasteiger partial charge in [0, 0.05) is 24.6 Å². The van der Waals surface area contributed by atoms with Gasteiger partial charge in [0.2, 0.25) is 0 Å². The van der Waals surface area contributed by atoms with Crippen LogP contribution in [0.4, 0.5) is 5.82 Å². The quantitative estimate of drug-likeness (QED) is 0.736. The molecule has 0 saturated carbocycles. The number of nitrogens with zero attached hydrogens (tertiary/aromatic N) is 3. The number of carbonyl (C=O) groups excluding carboxylic acids is 1. The van der Waals surface area contributed by atoms with Gasteiger partial charge < -0.3 is 20.4 Å². The number of anilines is 1. The Hall–Kier alpha value is -1.73. The van der Waals surface area contributed by atoms with Gasteiger partial charge in [-0.25, -0.2) is 9.97 Å². The standard InChI is InChI=1S/C16H24N4O3/c1-10(2)13-18-12-11(4-6-17-15(12)22)14(19-13)20-7-3-5-16(23,8-20)9-21/h10,21,23H,3-9H2,1-2H3,(H,17,22). The first-order valence-electron chi connectivity index (χ1n) is 8.21. The highest BCUT2D eigenvalue weighted by Crippen LogP contribution is 2.30. The third-order valence-electron chi connectivity index (χ3n) is 4.54. The van der Waals surface area contributed by atoms with E-state index >= 15 is 0 Å². The molecule has 1 amide bonds. The molecule has 2 aliphatic heterocycles. The van der Waals surface area contributed by atoms with Crippen molar-refractivity contribution in [2.75, 3.05) is 31.1 Å². The van der Waals surface area contributed by atoms with E-state index < -0.39 is 5.60 Å². The van der Waals surface area contributed by atoms with Gasteiger partial charge in [-0.1, -0.05) is 13.8 Å². The average molecular weight is 320 g/mol. The molecule has 1 saturated heterocycles. The van der Waals surface area contributed by atoms with Gasteiger partial charge in [0.15, 0.2) is 0 Å². The molecule has 1 aromatic heterocycles. The topological polar surface area (TPSA) is 98.6 Å². The summed E-state index contributed by atoms with van der Waals surface area (Å²) >= 11 is 0. The highest BCUT2D eigenvalue weighted by molar-refractivity contribution is 5.96. The third-order valence-corrected chi connectivity index (χ3v) is 4.54. The van der Waals surface area contributed by atoms with Crippen molar-refractivity contribution in [3.05, 3.63) is 17.1 Å². The molecule has 2 aliphatic rings. The minimum Gasteiger partial charge on any atom is -0.393 e. The first-order chi connectivity index (χ1) is 10.9. The van der Waals surface area contributed by atoms with E-state index in [0.717, 1.165) is 24.3 Å². The van der Waals surface area contributed by atoms with Crippen LogP contribution in [0.15, 0.2) is 0 Å². The number of aliphatic hydroxyl groups is 2. The zero-order valence-corrected chi connectivity index (χ0v) is 13.7. The van der Waals surface area contributed by atoms with E-state index in [1.807, 2.05) is 18.7 Å². The van der Waals surface area contributed by atoms with Gasteiger partial charge in [0.1, 0.15) is 22.9 Å². The lowest BCUT2D eigenvalue weighted by Gasteiger charge is -2.40. The fraction of sp³-hybridized carbons (Fsp3) is 0.688. The zero-order valence-electron chi connectivity index (χ0n) is 13.7. The Bertz CT molecular complexity index is 620. The van der Waals surface area contributed by atoms with E-state index in [1.165, 1.54) is 0 Å². The molecule has 0 spiro atoms. The Morgan fingerprint density at radius 1 is 1.39 bits per heavy atom. The number of carbonyl (C=O) groups is 1. The molecule has 1 unspecified atom stereocenters. The summed E-state index contributed by atoms with van der Waals surface area (Å²) in [6, 6.07) is 0. The minimum atomic E-state index is -1.11. The predicted octanol–water partition coefficient (Wildman–Crippen LogP) is 0.210. The van der Waals surface area contributed by atoms with Gasteiger partial charge >= 0.3 is 0 Å². The second-order valence-corrected chi connectivity index (χ2v) is 6.80. The van der Waals surface area contributed by atoms with Crippen LogP contribution in [0.3, 0.4) is 0 Å². The maximum absolute atomic E-state index is 12.2. The second kappa shape index (κ2) is 6.05. The predicted molar refractivity (Wildman–Crippen MR) is 85.6 cm³/mol. The lowest BCUT2D eigenvalue weighted by atomic mass is 9.93. The van der Waals surface area contributed by atoms with Crippen molar-refractivity contribution >= 4 is 11.7 Å². The van der Waals surface area contributed by atoms with Crippen molar-refractivity contribution in [2.45, 2.75) is 44.6 Å². The van der Waals surface area contributed by atoms with Crippen molar-refractivity contribution in [2.24, 2.45) is 0 Å². The molecule has 23 heavy (non-hydrogen) atoms. The van der Waals surface area contributed by atoms with Gasteiger partial charge in [-0.3, -0.25) is 4.79 Å². The maximum Gasteiger partial charge on any atom is 0.270 e. The first-order valence-corrected chi connectivity index (χ1v) is 8.21. The number of hydrogen-bond donors (Lipinski definition) is 3. The van der Waals surface area contributed by atoms with E-state index in [0.29, 0.717) is 37.4 Å². The minimum absolute atomic E-state index is 0.107. The number of aromatic nitrogens is 2. The molecule has 7 heteroatoms. The van der Waals surface area contributed by atoms with Crippen LogP contribution in [0.1, 0.15) is 54.5 Å². The first kappa shape index (κ1) is 16.1. The van der Waals surface area contributed by atoms with Gasteiger partial charge in [-0.15, -0.1) is 0 Å². The Morgan fingerprint density at radius 3 is 2.87 bits per heavy atom. The van der Waals surface area contributed by atoms with Crippen LogP contribution < -0.4 is 10.2 Å². The molecule has 1 aromatic rings. The third kappa shape index (κ3) is 3.03. The van der Waals surface area contributed by atoms with E-state index in [-0.39, 0.29) is 18.4 Å². The van der Waals surface area contributed by atoms with Crippen LogP contribution >= 0.6 is 0 Å². The molecule has 0 radical (unpaired) electrons. The van der Waals surface area contributed by atoms with Crippen molar-refractivity contribution in [1.82, 2.24) is 15.3 Å². The van der Waals surface area contributed by atoms with Crippen molar-refractivity contribution in [3.63, 3.8) is 0 Å². The Labute approximate surface area is 135 Å². The zero-order chi connectivity index (χ0) is 16.6. The maximum atomic E-state index is 12.2. The van der Waals surface area contributed by atoms with Crippen LogP contribution in [0.25, 0.3) is 0 Å². The van der Waals surface area contributed by atoms with Gasteiger partial charge in [0.25, 0.3) is 5.91 Å². The molecule has 3 heterocycles. The fourth-order valence-electron chi connectivity index (χ4n) is 3.23. The lowest BCUT2D eigenvalue weighted by Crippen LogP contribution is -2.51. The molecule has 0 aliphatic carbocycles. The summed E-state index contributed by atoms with van der Waals surface area (Å²) < 4.78 is 0. The molecule has 0 bridgehead atoms. The molecular weight excluding hydrogens is 296 g/mol. The van der Waals surface area contributed by atoms with Crippen molar-refractivity contribution < 1.29 is 15.0 Å². The van der Waals surface area contributed by atoms with Gasteiger partial charge in [-0.05, 0) is 19.3 Å². The Balaban J connectivity index is 2.05. The lowest BCUT2D eigenvalue weighted by molar-refractivity contribution is -0.0243. The summed E-state index contributed by atoms with van der Waals surface area (Å²) in [5, 5.41) is 22.7. The molecule has 126 valence electrons. The number of fused-ring (bicyclic) bond motifs is 1. The van der Waals surface area contributed by atoms with Gasteiger partial charge in [0.05, 0.1) is 13.2 Å². The molecule has 7 nitrogen and oxygen atoms in total. The van der Waals surface area contributed by atoms with Crippen LogP contribution in [0.5, 0.6) is 0 Å². The van der Waals surface area contributed by atoms with E-state index in [4.69, 9.17) is 0 Å². The number of rotatable bonds is 3. The fourth-order valence-corrected chi connectivity index (χ4v) is 3.23. The molecule has 3 rings (SSSR count). The highest BCUT2D eigenvalue weighted by Gasteiger charge is 2.35. The molecule has 1 fully saturated rings. The van der Waals surface area contributed by atoms with E-state index in [1.54, 1.807) is 0 Å². The van der Waals surface area contributed by atoms with Crippen molar-refractivity contribution in [1.29, 1.82) is 0 Å². The van der Waals surface area contributed by atoms with Crippen LogP contribution in [-0.2, 0) is 6.42 Å². The Morgan fingerprint density at radius 2 is 2.17 bits per heavy atom. The average Bonchev–Trinajstić information content (AvgIpc) is 2.54. The second-order valence-electron chi connectivity index (χ2n) is 6.80.